The maximum atomic E-state index is 11.3. The third-order valence-electron chi connectivity index (χ3n) is 8.10. The number of rotatable bonds is 2. The van der Waals surface area contributed by atoms with Gasteiger partial charge in [0, 0.05) is 11.8 Å². The first kappa shape index (κ1) is 17.0. The summed E-state index contributed by atoms with van der Waals surface area (Å²) in [6.45, 7) is 6.40. The van der Waals surface area contributed by atoms with E-state index in [9.17, 15) is 5.11 Å². The molecule has 2 nitrogen and oxygen atoms in total. The van der Waals surface area contributed by atoms with Crippen LogP contribution >= 0.6 is 0 Å². The average molecular weight is 338 g/mol. The number of methoxy groups -OCH3 is 1. The molecular formula is C23H30O2. The summed E-state index contributed by atoms with van der Waals surface area (Å²) in [6, 6.07) is 0. The second-order valence-electron chi connectivity index (χ2n) is 8.54. The first-order valence-corrected chi connectivity index (χ1v) is 9.83. The van der Waals surface area contributed by atoms with Gasteiger partial charge in [-0.3, -0.25) is 0 Å². The molecule has 0 heterocycles. The van der Waals surface area contributed by atoms with Gasteiger partial charge in [-0.2, -0.15) is 0 Å². The number of hydrogen-bond acceptors (Lipinski definition) is 2. The van der Waals surface area contributed by atoms with Crippen molar-refractivity contribution in [3.8, 4) is 12.3 Å². The molecule has 0 aromatic heterocycles. The lowest BCUT2D eigenvalue weighted by molar-refractivity contribution is -0.0860. The van der Waals surface area contributed by atoms with Crippen molar-refractivity contribution in [1.82, 2.24) is 0 Å². The molecule has 0 spiro atoms. The Balaban J connectivity index is 1.71. The zero-order chi connectivity index (χ0) is 17.8. The largest absolute Gasteiger partial charge is 0.501 e. The number of ether oxygens (including phenoxy) is 1. The molecule has 0 aromatic rings. The molecule has 2 heteroatoms. The smallest absolute Gasteiger partial charge is 0.152 e. The SMILES string of the molecule is C#C[C@]1(O)C(=C)CC2[C@@H]3CC=C4C=C(OC)CCC4C3CC[C@@]21CC. The molecule has 4 rings (SSSR count). The van der Waals surface area contributed by atoms with Gasteiger partial charge in [-0.25, -0.2) is 0 Å². The molecular weight excluding hydrogens is 308 g/mol. The number of fused-ring (bicyclic) bond motifs is 5. The van der Waals surface area contributed by atoms with Crippen LogP contribution in [0, 0.1) is 41.4 Å². The van der Waals surface area contributed by atoms with E-state index in [-0.39, 0.29) is 5.41 Å². The Morgan fingerprint density at radius 3 is 2.88 bits per heavy atom. The fraction of sp³-hybridized carbons (Fsp3) is 0.652. The summed E-state index contributed by atoms with van der Waals surface area (Å²) in [6.07, 6.45) is 17.9. The predicted octanol–water partition coefficient (Wildman–Crippen LogP) is 4.62. The monoisotopic (exact) mass is 338 g/mol. The highest BCUT2D eigenvalue weighted by Crippen LogP contribution is 2.66. The van der Waals surface area contributed by atoms with E-state index in [4.69, 9.17) is 11.2 Å². The van der Waals surface area contributed by atoms with Crippen molar-refractivity contribution in [2.45, 2.75) is 57.5 Å². The van der Waals surface area contributed by atoms with E-state index in [0.29, 0.717) is 23.7 Å². The molecule has 0 saturated heterocycles. The molecule has 4 aliphatic rings. The summed E-state index contributed by atoms with van der Waals surface area (Å²) >= 11 is 0. The van der Waals surface area contributed by atoms with E-state index in [1.54, 1.807) is 7.11 Å². The van der Waals surface area contributed by atoms with E-state index in [1.165, 1.54) is 18.4 Å². The van der Waals surface area contributed by atoms with E-state index < -0.39 is 5.60 Å². The van der Waals surface area contributed by atoms with E-state index in [2.05, 4.69) is 31.6 Å². The van der Waals surface area contributed by atoms with Crippen molar-refractivity contribution in [3.05, 3.63) is 35.6 Å². The maximum Gasteiger partial charge on any atom is 0.152 e. The lowest BCUT2D eigenvalue weighted by Gasteiger charge is -2.54. The molecule has 0 bridgehead atoms. The number of terminal acetylenes is 1. The van der Waals surface area contributed by atoms with E-state index in [0.717, 1.165) is 43.4 Å². The molecule has 4 aliphatic carbocycles. The van der Waals surface area contributed by atoms with Gasteiger partial charge in [-0.1, -0.05) is 25.5 Å². The molecule has 6 atom stereocenters. The second kappa shape index (κ2) is 5.78. The lowest BCUT2D eigenvalue weighted by Crippen LogP contribution is -2.53. The number of allylic oxidation sites excluding steroid dienone is 4. The summed E-state index contributed by atoms with van der Waals surface area (Å²) in [5.41, 5.74) is 1.07. The van der Waals surface area contributed by atoms with E-state index in [1.807, 2.05) is 0 Å². The van der Waals surface area contributed by atoms with Crippen LogP contribution in [0.1, 0.15) is 51.9 Å². The maximum absolute atomic E-state index is 11.3. The molecule has 134 valence electrons. The van der Waals surface area contributed by atoms with Crippen LogP contribution in [-0.4, -0.2) is 17.8 Å². The molecule has 0 amide bonds. The summed E-state index contributed by atoms with van der Waals surface area (Å²) in [7, 11) is 1.78. The van der Waals surface area contributed by atoms with Gasteiger partial charge >= 0.3 is 0 Å². The van der Waals surface area contributed by atoms with Gasteiger partial charge in [0.15, 0.2) is 5.60 Å². The van der Waals surface area contributed by atoms with Crippen molar-refractivity contribution in [3.63, 3.8) is 0 Å². The summed E-state index contributed by atoms with van der Waals surface area (Å²) < 4.78 is 5.49. The molecule has 1 N–H and O–H groups in total. The third-order valence-corrected chi connectivity index (χ3v) is 8.10. The zero-order valence-corrected chi connectivity index (χ0v) is 15.6. The van der Waals surface area contributed by atoms with Gasteiger partial charge < -0.3 is 9.84 Å². The van der Waals surface area contributed by atoms with Crippen molar-refractivity contribution in [2.24, 2.45) is 29.1 Å². The fourth-order valence-corrected chi connectivity index (χ4v) is 6.81. The average Bonchev–Trinajstić information content (AvgIpc) is 2.89. The quantitative estimate of drug-likeness (QED) is 0.588. The normalized spacial score (nSPS) is 45.4. The van der Waals surface area contributed by atoms with Crippen molar-refractivity contribution < 1.29 is 9.84 Å². The first-order valence-electron chi connectivity index (χ1n) is 9.83. The van der Waals surface area contributed by atoms with Crippen molar-refractivity contribution in [2.75, 3.05) is 7.11 Å². The van der Waals surface area contributed by atoms with Crippen molar-refractivity contribution in [1.29, 1.82) is 0 Å². The van der Waals surface area contributed by atoms with Gasteiger partial charge in [0.1, 0.15) is 0 Å². The Kier molecular flexibility index (Phi) is 3.92. The van der Waals surface area contributed by atoms with Crippen LogP contribution < -0.4 is 0 Å². The molecule has 3 unspecified atom stereocenters. The predicted molar refractivity (Wildman–Crippen MR) is 100 cm³/mol. The minimum Gasteiger partial charge on any atom is -0.501 e. The van der Waals surface area contributed by atoms with Crippen LogP contribution in [0.25, 0.3) is 0 Å². The van der Waals surface area contributed by atoms with Crippen LogP contribution in [0.15, 0.2) is 35.6 Å². The van der Waals surface area contributed by atoms with Crippen LogP contribution in [-0.2, 0) is 4.74 Å². The third kappa shape index (κ3) is 2.08. The Hall–Kier alpha value is -1.46. The number of hydrogen-bond donors (Lipinski definition) is 1. The number of aliphatic hydroxyl groups is 1. The Labute approximate surface area is 152 Å². The van der Waals surface area contributed by atoms with Gasteiger partial charge in [-0.15, -0.1) is 6.42 Å². The molecule has 25 heavy (non-hydrogen) atoms. The highest BCUT2D eigenvalue weighted by Gasteiger charge is 2.64. The van der Waals surface area contributed by atoms with Crippen LogP contribution in [0.5, 0.6) is 0 Å². The van der Waals surface area contributed by atoms with Crippen molar-refractivity contribution >= 4 is 0 Å². The summed E-state index contributed by atoms with van der Waals surface area (Å²) in [4.78, 5) is 0. The topological polar surface area (TPSA) is 29.5 Å². The molecule has 0 radical (unpaired) electrons. The summed E-state index contributed by atoms with van der Waals surface area (Å²) in [5.74, 6) is 6.34. The second-order valence-corrected chi connectivity index (χ2v) is 8.54. The van der Waals surface area contributed by atoms with Gasteiger partial charge in [0.2, 0.25) is 0 Å². The minimum absolute atomic E-state index is 0.173. The molecule has 2 saturated carbocycles. The van der Waals surface area contributed by atoms with Gasteiger partial charge in [-0.05, 0) is 79.4 Å². The first-order chi connectivity index (χ1) is 12.0. The minimum atomic E-state index is -1.11. The fourth-order valence-electron chi connectivity index (χ4n) is 6.81. The summed E-state index contributed by atoms with van der Waals surface area (Å²) in [5, 5.41) is 11.3. The van der Waals surface area contributed by atoms with E-state index >= 15 is 0 Å². The van der Waals surface area contributed by atoms with Gasteiger partial charge in [0.05, 0.1) is 12.9 Å². The highest BCUT2D eigenvalue weighted by atomic mass is 16.5. The standard InChI is InChI=1S/C23H30O2/c1-5-22-12-11-19-18-10-8-17(25-4)14-16(18)7-9-20(19)21(22)13-15(3)23(22,24)6-2/h2,7,14,18-21,24H,3,5,8-13H2,1,4H3/t18?,19?,20-,21?,22+,23+/m1/s1. The molecule has 0 aromatic carbocycles. The van der Waals surface area contributed by atoms with Crippen LogP contribution in [0.4, 0.5) is 0 Å². The zero-order valence-electron chi connectivity index (χ0n) is 15.6. The molecule has 2 fully saturated rings. The Bertz CT molecular complexity index is 693. The molecule has 0 aliphatic heterocycles. The van der Waals surface area contributed by atoms with Crippen LogP contribution in [0.2, 0.25) is 0 Å². The Morgan fingerprint density at radius 1 is 1.40 bits per heavy atom. The van der Waals surface area contributed by atoms with Gasteiger partial charge in [0.25, 0.3) is 0 Å². The highest BCUT2D eigenvalue weighted by molar-refractivity contribution is 5.40. The Morgan fingerprint density at radius 2 is 2.20 bits per heavy atom. The van der Waals surface area contributed by atoms with Crippen LogP contribution in [0.3, 0.4) is 0 Å². The lowest BCUT2D eigenvalue weighted by atomic mass is 9.50.